The molecule has 2 amide bonds. The minimum Gasteiger partial charge on any atom is -0.494 e. The minimum absolute atomic E-state index is 0.131. The van der Waals surface area contributed by atoms with Crippen molar-refractivity contribution in [2.45, 2.75) is 19.8 Å². The van der Waals surface area contributed by atoms with E-state index >= 15 is 0 Å². The van der Waals surface area contributed by atoms with Gasteiger partial charge in [0.25, 0.3) is 11.8 Å². The molecule has 0 aliphatic carbocycles. The predicted octanol–water partition coefficient (Wildman–Crippen LogP) is 3.35. The van der Waals surface area contributed by atoms with E-state index in [4.69, 9.17) is 21.1 Å². The molecule has 8 heteroatoms. The maximum atomic E-state index is 11.9. The van der Waals surface area contributed by atoms with Crippen LogP contribution in [0, 0.1) is 6.92 Å². The molecule has 2 N–H and O–H groups in total. The van der Waals surface area contributed by atoms with Crippen molar-refractivity contribution in [3.63, 3.8) is 0 Å². The van der Waals surface area contributed by atoms with E-state index in [1.807, 2.05) is 13.0 Å². The molecule has 0 unspecified atom stereocenters. The van der Waals surface area contributed by atoms with Crippen LogP contribution in [-0.2, 0) is 14.3 Å². The van der Waals surface area contributed by atoms with Crippen LogP contribution in [0.2, 0.25) is 5.02 Å². The Labute approximate surface area is 174 Å². The Hall–Kier alpha value is -3.06. The van der Waals surface area contributed by atoms with Gasteiger partial charge in [-0.15, -0.1) is 0 Å². The summed E-state index contributed by atoms with van der Waals surface area (Å²) >= 11 is 5.96. The Balaban J connectivity index is 1.67. The van der Waals surface area contributed by atoms with Gasteiger partial charge in [-0.2, -0.15) is 0 Å². The van der Waals surface area contributed by atoms with Crippen molar-refractivity contribution < 1.29 is 23.9 Å². The summed E-state index contributed by atoms with van der Waals surface area (Å²) in [5.41, 5.74) is 1.77. The highest BCUT2D eigenvalue weighted by Crippen LogP contribution is 2.21. The van der Waals surface area contributed by atoms with Crippen LogP contribution in [0.3, 0.4) is 0 Å². The number of benzene rings is 2. The molecule has 0 atom stereocenters. The van der Waals surface area contributed by atoms with Crippen LogP contribution in [0.25, 0.3) is 0 Å². The number of esters is 1. The molecule has 2 aromatic carbocycles. The fourth-order valence-electron chi connectivity index (χ4n) is 2.41. The van der Waals surface area contributed by atoms with Crippen molar-refractivity contribution in [1.29, 1.82) is 0 Å². The fraction of sp³-hybridized carbons (Fsp3) is 0.286. The SMILES string of the molecule is CNC(=O)c1cccc(NC(=O)COC(=O)CCCOc2ccc(Cl)c(C)c2)c1. The Morgan fingerprint density at radius 3 is 2.62 bits per heavy atom. The summed E-state index contributed by atoms with van der Waals surface area (Å²) in [4.78, 5) is 35.3. The number of carbonyl (C=O) groups excluding carboxylic acids is 3. The zero-order chi connectivity index (χ0) is 21.2. The number of carbonyl (C=O) groups is 3. The second-order valence-corrected chi connectivity index (χ2v) is 6.64. The number of nitrogens with one attached hydrogen (secondary N) is 2. The highest BCUT2D eigenvalue weighted by molar-refractivity contribution is 6.31. The highest BCUT2D eigenvalue weighted by atomic mass is 35.5. The average Bonchev–Trinajstić information content (AvgIpc) is 2.71. The van der Waals surface area contributed by atoms with Gasteiger partial charge in [-0.25, -0.2) is 0 Å². The maximum absolute atomic E-state index is 11.9. The van der Waals surface area contributed by atoms with E-state index in [-0.39, 0.29) is 12.3 Å². The first-order valence-electron chi connectivity index (χ1n) is 9.05. The topological polar surface area (TPSA) is 93.7 Å². The van der Waals surface area contributed by atoms with E-state index in [2.05, 4.69) is 10.6 Å². The Kier molecular flexibility index (Phi) is 8.48. The quantitative estimate of drug-likeness (QED) is 0.481. The maximum Gasteiger partial charge on any atom is 0.306 e. The largest absolute Gasteiger partial charge is 0.494 e. The van der Waals surface area contributed by atoms with Crippen LogP contribution >= 0.6 is 11.6 Å². The number of aryl methyl sites for hydroxylation is 1. The molecule has 7 nitrogen and oxygen atoms in total. The summed E-state index contributed by atoms with van der Waals surface area (Å²) in [7, 11) is 1.52. The number of hydrogen-bond donors (Lipinski definition) is 2. The van der Waals surface area contributed by atoms with Gasteiger partial charge in [-0.3, -0.25) is 14.4 Å². The van der Waals surface area contributed by atoms with E-state index in [0.717, 1.165) is 5.56 Å². The van der Waals surface area contributed by atoms with Gasteiger partial charge in [0.2, 0.25) is 0 Å². The molecule has 0 spiro atoms. The standard InChI is InChI=1S/C21H23ClN2O5/c1-14-11-17(8-9-18(14)22)28-10-4-7-20(26)29-13-19(25)24-16-6-3-5-15(12-16)21(27)23-2/h3,5-6,8-9,11-12H,4,7,10,13H2,1-2H3,(H,23,27)(H,24,25). The van der Waals surface area contributed by atoms with Gasteiger partial charge in [-0.1, -0.05) is 17.7 Å². The summed E-state index contributed by atoms with van der Waals surface area (Å²) in [6.07, 6.45) is 0.586. The van der Waals surface area contributed by atoms with Gasteiger partial charge < -0.3 is 20.1 Å². The second kappa shape index (κ2) is 11.1. The van der Waals surface area contributed by atoms with E-state index in [1.165, 1.54) is 13.1 Å². The van der Waals surface area contributed by atoms with Gasteiger partial charge in [0.05, 0.1) is 6.61 Å². The normalized spacial score (nSPS) is 10.2. The van der Waals surface area contributed by atoms with E-state index in [9.17, 15) is 14.4 Å². The number of hydrogen-bond acceptors (Lipinski definition) is 5. The van der Waals surface area contributed by atoms with Crippen LogP contribution in [0.1, 0.15) is 28.8 Å². The Bertz CT molecular complexity index is 885. The Morgan fingerprint density at radius 2 is 1.90 bits per heavy atom. The molecule has 0 aliphatic heterocycles. The molecule has 2 rings (SSSR count). The third-order valence-electron chi connectivity index (χ3n) is 3.92. The lowest BCUT2D eigenvalue weighted by Gasteiger charge is -2.09. The van der Waals surface area contributed by atoms with Gasteiger partial charge in [0.1, 0.15) is 5.75 Å². The molecule has 0 saturated carbocycles. The molecule has 0 bridgehead atoms. The van der Waals surface area contributed by atoms with Crippen molar-refractivity contribution >= 4 is 35.1 Å². The lowest BCUT2D eigenvalue weighted by atomic mass is 10.2. The van der Waals surface area contributed by atoms with Gasteiger partial charge in [0, 0.05) is 29.7 Å². The number of ether oxygens (including phenoxy) is 2. The first kappa shape index (κ1) is 22.2. The molecule has 0 aliphatic rings. The van der Waals surface area contributed by atoms with E-state index < -0.39 is 18.5 Å². The van der Waals surface area contributed by atoms with Gasteiger partial charge in [-0.05, 0) is 55.3 Å². The van der Waals surface area contributed by atoms with E-state index in [0.29, 0.717) is 35.1 Å². The molecule has 154 valence electrons. The van der Waals surface area contributed by atoms with Crippen molar-refractivity contribution in [3.8, 4) is 5.75 Å². The molecule has 0 radical (unpaired) electrons. The first-order valence-corrected chi connectivity index (χ1v) is 9.43. The van der Waals surface area contributed by atoms with Crippen molar-refractivity contribution in [2.75, 3.05) is 25.6 Å². The fourth-order valence-corrected chi connectivity index (χ4v) is 2.53. The lowest BCUT2D eigenvalue weighted by Crippen LogP contribution is -2.22. The third-order valence-corrected chi connectivity index (χ3v) is 4.35. The van der Waals surface area contributed by atoms with Crippen molar-refractivity contribution in [3.05, 3.63) is 58.6 Å². The predicted molar refractivity (Wildman–Crippen MR) is 110 cm³/mol. The highest BCUT2D eigenvalue weighted by Gasteiger charge is 2.10. The van der Waals surface area contributed by atoms with Gasteiger partial charge in [0.15, 0.2) is 6.61 Å². The average molecular weight is 419 g/mol. The van der Waals surface area contributed by atoms with Crippen LogP contribution < -0.4 is 15.4 Å². The van der Waals surface area contributed by atoms with Crippen molar-refractivity contribution in [1.82, 2.24) is 5.32 Å². The molecule has 0 aromatic heterocycles. The minimum atomic E-state index is -0.491. The smallest absolute Gasteiger partial charge is 0.306 e. The molecule has 0 fully saturated rings. The van der Waals surface area contributed by atoms with Crippen LogP contribution in [0.5, 0.6) is 5.75 Å². The lowest BCUT2D eigenvalue weighted by molar-refractivity contribution is -0.147. The Morgan fingerprint density at radius 1 is 1.10 bits per heavy atom. The van der Waals surface area contributed by atoms with E-state index in [1.54, 1.807) is 30.3 Å². The van der Waals surface area contributed by atoms with Crippen molar-refractivity contribution in [2.24, 2.45) is 0 Å². The summed E-state index contributed by atoms with van der Waals surface area (Å²) in [6.45, 7) is 1.82. The number of anilines is 1. The zero-order valence-electron chi connectivity index (χ0n) is 16.3. The molecule has 2 aromatic rings. The molecular formula is C21H23ClN2O5. The number of halogens is 1. The summed E-state index contributed by atoms with van der Waals surface area (Å²) in [5.74, 6) is -0.558. The zero-order valence-corrected chi connectivity index (χ0v) is 17.0. The third kappa shape index (κ3) is 7.46. The monoisotopic (exact) mass is 418 g/mol. The van der Waals surface area contributed by atoms with Crippen LogP contribution in [0.15, 0.2) is 42.5 Å². The van der Waals surface area contributed by atoms with Crippen LogP contribution in [0.4, 0.5) is 5.69 Å². The summed E-state index contributed by atoms with van der Waals surface area (Å²) < 4.78 is 10.5. The number of amides is 2. The summed E-state index contributed by atoms with van der Waals surface area (Å²) in [5, 5.41) is 5.75. The molecular weight excluding hydrogens is 396 g/mol. The van der Waals surface area contributed by atoms with Crippen LogP contribution in [-0.4, -0.2) is 38.0 Å². The molecule has 29 heavy (non-hydrogen) atoms. The van der Waals surface area contributed by atoms with Gasteiger partial charge >= 0.3 is 5.97 Å². The second-order valence-electron chi connectivity index (χ2n) is 6.23. The molecule has 0 heterocycles. The molecule has 0 saturated heterocycles. The first-order chi connectivity index (χ1) is 13.9. The number of rotatable bonds is 9. The summed E-state index contributed by atoms with van der Waals surface area (Å²) in [6, 6.07) is 11.8.